The number of aryl methyl sites for hydroxylation is 1. The minimum atomic E-state index is -0.212. The highest BCUT2D eigenvalue weighted by molar-refractivity contribution is 5.99. The molecule has 2 aromatic rings. The van der Waals surface area contributed by atoms with E-state index in [0.29, 0.717) is 17.0 Å². The summed E-state index contributed by atoms with van der Waals surface area (Å²) in [6.45, 7) is 2.00. The molecule has 0 saturated heterocycles. The smallest absolute Gasteiger partial charge is 0.262 e. The molecule has 2 N–H and O–H groups in total. The number of hydrogen-bond acceptors (Lipinski definition) is 3. The summed E-state index contributed by atoms with van der Waals surface area (Å²) in [5.41, 5.74) is 2.30. The Morgan fingerprint density at radius 2 is 2.04 bits per heavy atom. The van der Waals surface area contributed by atoms with Gasteiger partial charge in [0, 0.05) is 11.6 Å². The molecule has 0 bridgehead atoms. The molecule has 2 amide bonds. The van der Waals surface area contributed by atoms with Crippen LogP contribution in [0.2, 0.25) is 0 Å². The third-order valence-electron chi connectivity index (χ3n) is 3.96. The molecule has 5 nitrogen and oxygen atoms in total. The van der Waals surface area contributed by atoms with E-state index in [1.165, 1.54) is 5.56 Å². The number of carbonyl (C=O) groups excluding carboxylic acids is 2. The fourth-order valence-corrected chi connectivity index (χ4v) is 2.63. The molecule has 1 aliphatic heterocycles. The van der Waals surface area contributed by atoms with Crippen LogP contribution in [0.5, 0.6) is 5.75 Å². The van der Waals surface area contributed by atoms with Gasteiger partial charge in [0.25, 0.3) is 11.8 Å². The maximum absolute atomic E-state index is 12.4. The van der Waals surface area contributed by atoms with Crippen molar-refractivity contribution in [2.24, 2.45) is 0 Å². The summed E-state index contributed by atoms with van der Waals surface area (Å²) in [4.78, 5) is 23.7. The number of rotatable bonds is 5. The topological polar surface area (TPSA) is 67.4 Å². The van der Waals surface area contributed by atoms with Crippen molar-refractivity contribution in [3.05, 3.63) is 59.7 Å². The van der Waals surface area contributed by atoms with E-state index < -0.39 is 0 Å². The first kappa shape index (κ1) is 16.1. The number of ether oxygens (including phenoxy) is 1. The van der Waals surface area contributed by atoms with Crippen LogP contribution in [0.4, 0.5) is 5.69 Å². The van der Waals surface area contributed by atoms with E-state index in [2.05, 4.69) is 22.8 Å². The third-order valence-corrected chi connectivity index (χ3v) is 3.96. The van der Waals surface area contributed by atoms with Crippen LogP contribution in [0.1, 0.15) is 29.3 Å². The molecule has 24 heavy (non-hydrogen) atoms. The van der Waals surface area contributed by atoms with Crippen molar-refractivity contribution in [2.45, 2.75) is 25.8 Å². The van der Waals surface area contributed by atoms with Gasteiger partial charge in [-0.2, -0.15) is 0 Å². The first-order valence-electron chi connectivity index (χ1n) is 8.03. The second-order valence-electron chi connectivity index (χ2n) is 5.95. The maximum atomic E-state index is 12.4. The molecular weight excluding hydrogens is 304 g/mol. The molecule has 3 rings (SSSR count). The lowest BCUT2D eigenvalue weighted by Gasteiger charge is -2.19. The molecule has 1 atom stereocenters. The minimum absolute atomic E-state index is 0.00899. The molecule has 0 radical (unpaired) electrons. The highest BCUT2D eigenvalue weighted by atomic mass is 16.5. The lowest BCUT2D eigenvalue weighted by atomic mass is 10.1. The van der Waals surface area contributed by atoms with Gasteiger partial charge in [0.05, 0.1) is 5.69 Å². The minimum Gasteiger partial charge on any atom is -0.482 e. The summed E-state index contributed by atoms with van der Waals surface area (Å²) in [5.74, 6) is 0.220. The molecule has 0 aromatic heterocycles. The van der Waals surface area contributed by atoms with Crippen molar-refractivity contribution in [3.63, 3.8) is 0 Å². The number of benzene rings is 2. The molecule has 124 valence electrons. The van der Waals surface area contributed by atoms with Gasteiger partial charge in [-0.05, 0) is 43.5 Å². The lowest BCUT2D eigenvalue weighted by Crippen LogP contribution is -2.33. The summed E-state index contributed by atoms with van der Waals surface area (Å²) >= 11 is 0. The molecule has 0 fully saturated rings. The van der Waals surface area contributed by atoms with Crippen molar-refractivity contribution < 1.29 is 14.3 Å². The Balaban J connectivity index is 1.58. The number of hydrogen-bond donors (Lipinski definition) is 2. The van der Waals surface area contributed by atoms with Gasteiger partial charge >= 0.3 is 0 Å². The zero-order valence-corrected chi connectivity index (χ0v) is 13.5. The molecule has 0 saturated carbocycles. The van der Waals surface area contributed by atoms with Crippen molar-refractivity contribution >= 4 is 17.5 Å². The lowest BCUT2D eigenvalue weighted by molar-refractivity contribution is -0.118. The van der Waals surface area contributed by atoms with Crippen molar-refractivity contribution in [2.75, 3.05) is 11.9 Å². The van der Waals surface area contributed by atoms with Crippen LogP contribution in [0.3, 0.4) is 0 Å². The summed E-state index contributed by atoms with van der Waals surface area (Å²) in [7, 11) is 0. The van der Waals surface area contributed by atoms with Crippen LogP contribution in [0.15, 0.2) is 48.5 Å². The Labute approximate surface area is 141 Å². The van der Waals surface area contributed by atoms with E-state index in [1.807, 2.05) is 25.1 Å². The first-order chi connectivity index (χ1) is 11.6. The first-order valence-corrected chi connectivity index (χ1v) is 8.03. The quantitative estimate of drug-likeness (QED) is 0.889. The molecular formula is C19H20N2O3. The highest BCUT2D eigenvalue weighted by Crippen LogP contribution is 2.28. The molecule has 0 aliphatic carbocycles. The second-order valence-corrected chi connectivity index (χ2v) is 5.95. The van der Waals surface area contributed by atoms with Crippen LogP contribution < -0.4 is 15.4 Å². The van der Waals surface area contributed by atoms with Gasteiger partial charge in [0.2, 0.25) is 0 Å². The van der Waals surface area contributed by atoms with E-state index in [1.54, 1.807) is 18.2 Å². The van der Waals surface area contributed by atoms with Crippen LogP contribution >= 0.6 is 0 Å². The molecule has 5 heteroatoms. The molecule has 1 heterocycles. The molecule has 1 aliphatic rings. The SMILES string of the molecule is CC(CCc1ccccc1)NC(=O)c1ccc2c(c1)NC(=O)CO2. The normalized spacial score (nSPS) is 14.1. The Morgan fingerprint density at radius 1 is 1.25 bits per heavy atom. The zero-order valence-electron chi connectivity index (χ0n) is 13.5. The summed E-state index contributed by atoms with van der Waals surface area (Å²) in [6.07, 6.45) is 1.77. The highest BCUT2D eigenvalue weighted by Gasteiger charge is 2.18. The number of nitrogens with one attached hydrogen (secondary N) is 2. The Morgan fingerprint density at radius 3 is 2.83 bits per heavy atom. The predicted octanol–water partition coefficient (Wildman–Crippen LogP) is 2.77. The van der Waals surface area contributed by atoms with Crippen molar-refractivity contribution in [1.29, 1.82) is 0 Å². The van der Waals surface area contributed by atoms with Gasteiger partial charge < -0.3 is 15.4 Å². The molecule has 1 unspecified atom stereocenters. The maximum Gasteiger partial charge on any atom is 0.262 e. The Kier molecular flexibility index (Phi) is 4.79. The summed E-state index contributed by atoms with van der Waals surface area (Å²) < 4.78 is 5.30. The van der Waals surface area contributed by atoms with E-state index in [-0.39, 0.29) is 24.5 Å². The van der Waals surface area contributed by atoms with Crippen LogP contribution in [-0.2, 0) is 11.2 Å². The largest absolute Gasteiger partial charge is 0.482 e. The third kappa shape index (κ3) is 3.93. The van der Waals surface area contributed by atoms with E-state index in [4.69, 9.17) is 4.74 Å². The Bertz CT molecular complexity index is 744. The van der Waals surface area contributed by atoms with Gasteiger partial charge in [0.1, 0.15) is 5.75 Å². The molecule has 2 aromatic carbocycles. The average Bonchev–Trinajstić information content (AvgIpc) is 2.60. The van der Waals surface area contributed by atoms with Crippen LogP contribution in [0, 0.1) is 0 Å². The standard InChI is InChI=1S/C19H20N2O3/c1-13(7-8-14-5-3-2-4-6-14)20-19(23)15-9-10-17-16(11-15)21-18(22)12-24-17/h2-6,9-11,13H,7-8,12H2,1H3,(H,20,23)(H,21,22). The van der Waals surface area contributed by atoms with Crippen LogP contribution in [0.25, 0.3) is 0 Å². The number of anilines is 1. The van der Waals surface area contributed by atoms with Gasteiger partial charge in [0.15, 0.2) is 6.61 Å². The van der Waals surface area contributed by atoms with Gasteiger partial charge in [-0.15, -0.1) is 0 Å². The molecule has 0 spiro atoms. The van der Waals surface area contributed by atoms with E-state index >= 15 is 0 Å². The van der Waals surface area contributed by atoms with Gasteiger partial charge in [-0.25, -0.2) is 0 Å². The number of amides is 2. The predicted molar refractivity (Wildman–Crippen MR) is 92.3 cm³/mol. The fourth-order valence-electron chi connectivity index (χ4n) is 2.63. The van der Waals surface area contributed by atoms with E-state index in [0.717, 1.165) is 12.8 Å². The van der Waals surface area contributed by atoms with Gasteiger partial charge in [-0.1, -0.05) is 30.3 Å². The summed E-state index contributed by atoms with van der Waals surface area (Å²) in [6, 6.07) is 15.3. The summed E-state index contributed by atoms with van der Waals surface area (Å²) in [5, 5.41) is 5.70. The Hall–Kier alpha value is -2.82. The fraction of sp³-hybridized carbons (Fsp3) is 0.263. The number of carbonyl (C=O) groups is 2. The number of fused-ring (bicyclic) bond motifs is 1. The van der Waals surface area contributed by atoms with Crippen molar-refractivity contribution in [3.8, 4) is 5.75 Å². The zero-order chi connectivity index (χ0) is 16.9. The van der Waals surface area contributed by atoms with Crippen molar-refractivity contribution in [1.82, 2.24) is 5.32 Å². The second kappa shape index (κ2) is 7.17. The van der Waals surface area contributed by atoms with E-state index in [9.17, 15) is 9.59 Å². The average molecular weight is 324 g/mol. The van der Waals surface area contributed by atoms with Gasteiger partial charge in [-0.3, -0.25) is 9.59 Å². The monoisotopic (exact) mass is 324 g/mol. The van der Waals surface area contributed by atoms with Crippen LogP contribution in [-0.4, -0.2) is 24.5 Å².